The van der Waals surface area contributed by atoms with Gasteiger partial charge in [-0.2, -0.15) is 0 Å². The van der Waals surface area contributed by atoms with Crippen LogP contribution in [0.4, 0.5) is 0 Å². The molecule has 0 saturated carbocycles. The van der Waals surface area contributed by atoms with E-state index in [1.165, 1.54) is 18.2 Å². The molecule has 108 valence electrons. The topological polar surface area (TPSA) is 76.0 Å². The number of nitrogens with zero attached hydrogens (tertiary/aromatic N) is 3. The highest BCUT2D eigenvalue weighted by molar-refractivity contribution is 7.99. The van der Waals surface area contributed by atoms with Gasteiger partial charge in [-0.05, 0) is 49.6 Å². The number of rotatable bonds is 3. The quantitative estimate of drug-likeness (QED) is 0.694. The van der Waals surface area contributed by atoms with Gasteiger partial charge < -0.3 is 5.11 Å². The van der Waals surface area contributed by atoms with Gasteiger partial charge in [0, 0.05) is 17.5 Å². The minimum Gasteiger partial charge on any atom is -0.478 e. The molecule has 0 fully saturated rings. The number of aryl methyl sites for hydroxylation is 1. The second kappa shape index (κ2) is 6.22. The largest absolute Gasteiger partial charge is 0.478 e. The van der Waals surface area contributed by atoms with E-state index in [9.17, 15) is 9.90 Å². The zero-order valence-electron chi connectivity index (χ0n) is 11.5. The van der Waals surface area contributed by atoms with Crippen molar-refractivity contribution in [2.75, 3.05) is 0 Å². The van der Waals surface area contributed by atoms with Crippen molar-refractivity contribution in [2.24, 2.45) is 0 Å². The normalized spacial score (nSPS) is 14.3. The third-order valence-electron chi connectivity index (χ3n) is 3.53. The molecule has 3 rings (SSSR count). The van der Waals surface area contributed by atoms with Crippen LogP contribution in [0.2, 0.25) is 0 Å². The molecule has 5 nitrogen and oxygen atoms in total. The highest BCUT2D eigenvalue weighted by atomic mass is 32.2. The van der Waals surface area contributed by atoms with Crippen LogP contribution in [0.25, 0.3) is 0 Å². The fraction of sp³-hybridized carbons (Fsp3) is 0.333. The van der Waals surface area contributed by atoms with E-state index in [0.29, 0.717) is 5.03 Å². The first-order chi connectivity index (χ1) is 10.3. The predicted octanol–water partition coefficient (Wildman–Crippen LogP) is 2.99. The minimum absolute atomic E-state index is 0.212. The van der Waals surface area contributed by atoms with Crippen LogP contribution in [0.1, 0.15) is 40.9 Å². The van der Waals surface area contributed by atoms with Crippen LogP contribution in [0, 0.1) is 0 Å². The van der Waals surface area contributed by atoms with Crippen molar-refractivity contribution in [1.29, 1.82) is 0 Å². The van der Waals surface area contributed by atoms with Crippen molar-refractivity contribution >= 4 is 17.7 Å². The molecule has 0 saturated heterocycles. The number of aromatic nitrogens is 3. The second-order valence-electron chi connectivity index (χ2n) is 4.93. The summed E-state index contributed by atoms with van der Waals surface area (Å²) in [6.07, 6.45) is 8.57. The Morgan fingerprint density at radius 2 is 1.95 bits per heavy atom. The Kier molecular flexibility index (Phi) is 4.15. The van der Waals surface area contributed by atoms with Gasteiger partial charge in [-0.15, -0.1) is 0 Å². The Morgan fingerprint density at radius 3 is 2.81 bits per heavy atom. The Morgan fingerprint density at radius 1 is 1.10 bits per heavy atom. The summed E-state index contributed by atoms with van der Waals surface area (Å²) >= 11 is 1.32. The van der Waals surface area contributed by atoms with Crippen LogP contribution in [0.15, 0.2) is 34.7 Å². The molecule has 0 spiro atoms. The highest BCUT2D eigenvalue weighted by Crippen LogP contribution is 2.32. The maximum atomic E-state index is 11.3. The molecule has 0 aromatic carbocycles. The predicted molar refractivity (Wildman–Crippen MR) is 78.6 cm³/mol. The molecule has 0 atom stereocenters. The summed E-state index contributed by atoms with van der Waals surface area (Å²) < 4.78 is 0. The third-order valence-corrected chi connectivity index (χ3v) is 4.59. The van der Waals surface area contributed by atoms with Crippen LogP contribution < -0.4 is 0 Å². The number of hydrogen-bond acceptors (Lipinski definition) is 5. The zero-order chi connectivity index (χ0) is 14.7. The van der Waals surface area contributed by atoms with Crippen LogP contribution >= 0.6 is 11.8 Å². The third kappa shape index (κ3) is 3.05. The minimum atomic E-state index is -0.967. The number of carbonyl (C=O) groups is 1. The van der Waals surface area contributed by atoms with Crippen LogP contribution in [0.5, 0.6) is 0 Å². The molecule has 0 unspecified atom stereocenters. The van der Waals surface area contributed by atoms with Crippen LogP contribution in [-0.2, 0) is 12.8 Å². The number of fused-ring (bicyclic) bond motifs is 1. The number of hydrogen-bond donors (Lipinski definition) is 1. The lowest BCUT2D eigenvalue weighted by molar-refractivity contribution is 0.0692. The van der Waals surface area contributed by atoms with Crippen LogP contribution in [0.3, 0.4) is 0 Å². The maximum absolute atomic E-state index is 11.3. The maximum Gasteiger partial charge on any atom is 0.338 e. The van der Waals surface area contributed by atoms with Crippen molar-refractivity contribution in [3.8, 4) is 0 Å². The van der Waals surface area contributed by atoms with Crippen molar-refractivity contribution < 1.29 is 9.90 Å². The van der Waals surface area contributed by atoms with E-state index in [1.807, 2.05) is 0 Å². The summed E-state index contributed by atoms with van der Waals surface area (Å²) in [7, 11) is 0. The molecule has 1 aliphatic rings. The van der Waals surface area contributed by atoms with E-state index in [4.69, 9.17) is 0 Å². The fourth-order valence-corrected chi connectivity index (χ4v) is 3.49. The second-order valence-corrected chi connectivity index (χ2v) is 5.91. The zero-order valence-corrected chi connectivity index (χ0v) is 12.3. The summed E-state index contributed by atoms with van der Waals surface area (Å²) in [6.45, 7) is 0. The van der Waals surface area contributed by atoms with Gasteiger partial charge in [0.05, 0.1) is 5.56 Å². The molecule has 2 aromatic rings. The van der Waals surface area contributed by atoms with Crippen LogP contribution in [-0.4, -0.2) is 26.0 Å². The standard InChI is InChI=1S/C15H15N3O2S/c19-15(20)11-6-4-8-16-14(11)21-13-10-5-2-1-3-7-12(10)17-9-18-13/h4,6,8-9H,1-3,5,7H2,(H,19,20). The Hall–Kier alpha value is -1.95. The van der Waals surface area contributed by atoms with Crippen molar-refractivity contribution in [3.05, 3.63) is 41.5 Å². The molecule has 2 heterocycles. The van der Waals surface area contributed by atoms with Gasteiger partial charge >= 0.3 is 5.97 Å². The molecule has 1 N–H and O–H groups in total. The molecule has 0 bridgehead atoms. The average molecular weight is 301 g/mol. The molecular formula is C15H15N3O2S. The summed E-state index contributed by atoms with van der Waals surface area (Å²) in [5.74, 6) is -0.967. The van der Waals surface area contributed by atoms with Gasteiger partial charge in [0.1, 0.15) is 16.4 Å². The van der Waals surface area contributed by atoms with E-state index >= 15 is 0 Å². The molecule has 2 aromatic heterocycles. The molecule has 1 aliphatic carbocycles. The van der Waals surface area contributed by atoms with E-state index in [1.54, 1.807) is 24.7 Å². The molecule has 21 heavy (non-hydrogen) atoms. The van der Waals surface area contributed by atoms with Gasteiger partial charge in [-0.1, -0.05) is 6.42 Å². The van der Waals surface area contributed by atoms with E-state index in [2.05, 4.69) is 15.0 Å². The Balaban J connectivity index is 1.98. The van der Waals surface area contributed by atoms with Crippen molar-refractivity contribution in [3.63, 3.8) is 0 Å². The summed E-state index contributed by atoms with van der Waals surface area (Å²) in [6, 6.07) is 3.20. The van der Waals surface area contributed by atoms with Gasteiger partial charge in [-0.3, -0.25) is 0 Å². The highest BCUT2D eigenvalue weighted by Gasteiger charge is 2.18. The summed E-state index contributed by atoms with van der Waals surface area (Å²) in [4.78, 5) is 24.2. The van der Waals surface area contributed by atoms with Gasteiger partial charge in [-0.25, -0.2) is 19.7 Å². The smallest absolute Gasteiger partial charge is 0.338 e. The first-order valence-electron chi connectivity index (χ1n) is 6.94. The van der Waals surface area contributed by atoms with Gasteiger partial charge in [0.15, 0.2) is 0 Å². The molecule has 0 radical (unpaired) electrons. The monoisotopic (exact) mass is 301 g/mol. The lowest BCUT2D eigenvalue weighted by Crippen LogP contribution is -2.03. The molecular weight excluding hydrogens is 286 g/mol. The molecule has 6 heteroatoms. The van der Waals surface area contributed by atoms with Crippen molar-refractivity contribution in [2.45, 2.75) is 42.2 Å². The molecule has 0 aliphatic heterocycles. The number of carboxylic acids is 1. The Labute approximate surface area is 126 Å². The van der Waals surface area contributed by atoms with E-state index in [-0.39, 0.29) is 5.56 Å². The fourth-order valence-electron chi connectivity index (χ4n) is 2.48. The van der Waals surface area contributed by atoms with E-state index in [0.717, 1.165) is 42.0 Å². The number of aromatic carboxylic acids is 1. The Bertz CT molecular complexity index is 676. The first kappa shape index (κ1) is 14.0. The summed E-state index contributed by atoms with van der Waals surface area (Å²) in [5, 5.41) is 10.6. The SMILES string of the molecule is O=C(O)c1cccnc1Sc1ncnc2c1CCCCC2. The number of carboxylic acid groups (broad SMARTS) is 1. The van der Waals surface area contributed by atoms with Gasteiger partial charge in [0.2, 0.25) is 0 Å². The van der Waals surface area contributed by atoms with Gasteiger partial charge in [0.25, 0.3) is 0 Å². The lowest BCUT2D eigenvalue weighted by Gasteiger charge is -2.10. The molecule has 0 amide bonds. The number of pyridine rings is 1. The average Bonchev–Trinajstić information content (AvgIpc) is 2.74. The lowest BCUT2D eigenvalue weighted by atomic mass is 10.1. The first-order valence-corrected chi connectivity index (χ1v) is 7.76. The van der Waals surface area contributed by atoms with E-state index < -0.39 is 5.97 Å². The van der Waals surface area contributed by atoms with Crippen molar-refractivity contribution in [1.82, 2.24) is 15.0 Å². The summed E-state index contributed by atoms with van der Waals surface area (Å²) in [5.41, 5.74) is 2.46.